The maximum absolute atomic E-state index is 13.0. The number of pyridine rings is 1. The van der Waals surface area contributed by atoms with Gasteiger partial charge in [0.15, 0.2) is 0 Å². The Morgan fingerprint density at radius 1 is 1.15 bits per heavy atom. The first-order valence-corrected chi connectivity index (χ1v) is 9.02. The van der Waals surface area contributed by atoms with Crippen LogP contribution in [-0.4, -0.2) is 16.1 Å². The van der Waals surface area contributed by atoms with Gasteiger partial charge in [0, 0.05) is 24.2 Å². The molecule has 0 bridgehead atoms. The van der Waals surface area contributed by atoms with Crippen LogP contribution in [0.3, 0.4) is 0 Å². The van der Waals surface area contributed by atoms with E-state index < -0.39 is 0 Å². The number of rotatable bonds is 6. The Morgan fingerprint density at radius 2 is 1.88 bits per heavy atom. The highest BCUT2D eigenvalue weighted by Gasteiger charge is 2.14. The number of halogens is 1. The van der Waals surface area contributed by atoms with Crippen LogP contribution in [0.25, 0.3) is 10.9 Å². The molecule has 3 rings (SSSR count). The number of benzene rings is 1. The number of hydrogen-bond donors (Lipinski definition) is 1. The Bertz CT molecular complexity index is 932. The molecule has 0 aliphatic rings. The van der Waals surface area contributed by atoms with Crippen LogP contribution >= 0.6 is 0 Å². The maximum Gasteiger partial charge on any atom is 0.123 e. The van der Waals surface area contributed by atoms with Gasteiger partial charge in [-0.15, -0.1) is 0 Å². The molecule has 2 heterocycles. The van der Waals surface area contributed by atoms with Crippen molar-refractivity contribution in [1.82, 2.24) is 9.55 Å². The smallest absolute Gasteiger partial charge is 0.123 e. The van der Waals surface area contributed by atoms with Crippen LogP contribution in [0.4, 0.5) is 10.1 Å². The van der Waals surface area contributed by atoms with Crippen LogP contribution < -0.4 is 5.32 Å². The van der Waals surface area contributed by atoms with Gasteiger partial charge in [0.05, 0.1) is 23.6 Å². The van der Waals surface area contributed by atoms with Gasteiger partial charge in [0.25, 0.3) is 0 Å². The van der Waals surface area contributed by atoms with Crippen molar-refractivity contribution < 1.29 is 4.39 Å². The number of anilines is 1. The minimum atomic E-state index is -0.195. The first-order chi connectivity index (χ1) is 12.5. The number of aromatic nitrogens is 2. The number of nitrogens with one attached hydrogen (secondary N) is 1. The zero-order chi connectivity index (χ0) is 18.7. The van der Waals surface area contributed by atoms with Crippen LogP contribution in [0.2, 0.25) is 0 Å². The topological polar surface area (TPSA) is 29.9 Å². The standard InChI is InChI=1S/C22H26FN3/c1-15(2)10-12-26-17(4)16(3)22-20(13-24-14-21(22)26)25-11-9-18-5-7-19(23)8-6-18/h5-8,10,13-14,25H,9,11-12H2,1-4H3. The Labute approximate surface area is 154 Å². The molecule has 4 heteroatoms. The van der Waals surface area contributed by atoms with Crippen molar-refractivity contribution in [3.05, 3.63) is 70.9 Å². The minimum absolute atomic E-state index is 0.195. The Balaban J connectivity index is 1.83. The summed E-state index contributed by atoms with van der Waals surface area (Å²) in [6.07, 6.45) is 6.91. The van der Waals surface area contributed by atoms with E-state index in [9.17, 15) is 4.39 Å². The van der Waals surface area contributed by atoms with E-state index >= 15 is 0 Å². The number of hydrogen-bond acceptors (Lipinski definition) is 2. The molecule has 0 amide bonds. The molecule has 26 heavy (non-hydrogen) atoms. The maximum atomic E-state index is 13.0. The van der Waals surface area contributed by atoms with Crippen LogP contribution in [0.5, 0.6) is 0 Å². The predicted molar refractivity (Wildman–Crippen MR) is 107 cm³/mol. The molecule has 3 aromatic rings. The lowest BCUT2D eigenvalue weighted by Crippen LogP contribution is -2.06. The molecule has 0 spiro atoms. The molecule has 0 saturated carbocycles. The normalized spacial score (nSPS) is 11.0. The molecule has 0 aliphatic carbocycles. The van der Waals surface area contributed by atoms with E-state index in [1.165, 1.54) is 34.3 Å². The van der Waals surface area contributed by atoms with Gasteiger partial charge >= 0.3 is 0 Å². The number of nitrogens with zero attached hydrogens (tertiary/aromatic N) is 2. The van der Waals surface area contributed by atoms with Crippen molar-refractivity contribution >= 4 is 16.6 Å². The lowest BCUT2D eigenvalue weighted by molar-refractivity contribution is 0.627. The van der Waals surface area contributed by atoms with E-state index in [0.29, 0.717) is 0 Å². The summed E-state index contributed by atoms with van der Waals surface area (Å²) >= 11 is 0. The average molecular weight is 351 g/mol. The molecule has 2 aromatic heterocycles. The summed E-state index contributed by atoms with van der Waals surface area (Å²) in [5.74, 6) is -0.195. The zero-order valence-electron chi connectivity index (χ0n) is 15.9. The van der Waals surface area contributed by atoms with Crippen molar-refractivity contribution in [2.75, 3.05) is 11.9 Å². The third-order valence-corrected chi connectivity index (χ3v) is 4.86. The van der Waals surface area contributed by atoms with Crippen molar-refractivity contribution in [3.8, 4) is 0 Å². The molecule has 0 radical (unpaired) electrons. The lowest BCUT2D eigenvalue weighted by Gasteiger charge is -2.09. The molecule has 1 aromatic carbocycles. The second-order valence-corrected chi connectivity index (χ2v) is 6.99. The number of fused-ring (bicyclic) bond motifs is 1. The van der Waals surface area contributed by atoms with Crippen LogP contribution in [-0.2, 0) is 13.0 Å². The van der Waals surface area contributed by atoms with Crippen LogP contribution in [0.1, 0.15) is 30.7 Å². The highest BCUT2D eigenvalue weighted by Crippen LogP contribution is 2.30. The first-order valence-electron chi connectivity index (χ1n) is 9.02. The number of allylic oxidation sites excluding steroid dienone is 2. The summed E-state index contributed by atoms with van der Waals surface area (Å²) in [7, 11) is 0. The molecule has 3 nitrogen and oxygen atoms in total. The second kappa shape index (κ2) is 7.73. The van der Waals surface area contributed by atoms with Crippen molar-refractivity contribution in [2.45, 2.75) is 40.7 Å². The highest BCUT2D eigenvalue weighted by atomic mass is 19.1. The minimum Gasteiger partial charge on any atom is -0.383 e. The summed E-state index contributed by atoms with van der Waals surface area (Å²) < 4.78 is 15.3. The zero-order valence-corrected chi connectivity index (χ0v) is 15.9. The largest absolute Gasteiger partial charge is 0.383 e. The van der Waals surface area contributed by atoms with Gasteiger partial charge in [-0.2, -0.15) is 0 Å². The molecule has 136 valence electrons. The van der Waals surface area contributed by atoms with E-state index in [1.807, 2.05) is 24.5 Å². The summed E-state index contributed by atoms with van der Waals surface area (Å²) in [4.78, 5) is 4.44. The van der Waals surface area contributed by atoms with Gasteiger partial charge in [-0.3, -0.25) is 4.98 Å². The fourth-order valence-corrected chi connectivity index (χ4v) is 3.25. The summed E-state index contributed by atoms with van der Waals surface area (Å²) in [5.41, 5.74) is 7.20. The number of aryl methyl sites for hydroxylation is 1. The Kier molecular flexibility index (Phi) is 5.40. The molecule has 0 atom stereocenters. The van der Waals surface area contributed by atoms with E-state index in [-0.39, 0.29) is 5.82 Å². The summed E-state index contributed by atoms with van der Waals surface area (Å²) in [6.45, 7) is 10.2. The van der Waals surface area contributed by atoms with Gasteiger partial charge in [-0.05, 0) is 57.4 Å². The average Bonchev–Trinajstić information content (AvgIpc) is 2.86. The second-order valence-electron chi connectivity index (χ2n) is 6.99. The molecular formula is C22H26FN3. The van der Waals surface area contributed by atoms with E-state index in [0.717, 1.165) is 36.3 Å². The fraction of sp³-hybridized carbons (Fsp3) is 0.318. The first kappa shape index (κ1) is 18.2. The van der Waals surface area contributed by atoms with E-state index in [4.69, 9.17) is 0 Å². The van der Waals surface area contributed by atoms with Crippen molar-refractivity contribution in [3.63, 3.8) is 0 Å². The van der Waals surface area contributed by atoms with Gasteiger partial charge in [0.1, 0.15) is 5.82 Å². The predicted octanol–water partition coefficient (Wildman–Crippen LogP) is 5.41. The van der Waals surface area contributed by atoms with Gasteiger partial charge in [0.2, 0.25) is 0 Å². The fourth-order valence-electron chi connectivity index (χ4n) is 3.25. The molecule has 0 saturated heterocycles. The quantitative estimate of drug-likeness (QED) is 0.602. The van der Waals surface area contributed by atoms with Crippen molar-refractivity contribution in [1.29, 1.82) is 0 Å². The van der Waals surface area contributed by atoms with Crippen molar-refractivity contribution in [2.24, 2.45) is 0 Å². The SMILES string of the molecule is CC(C)=CCn1c(C)c(C)c2c(NCCc3ccc(F)cc3)cncc21. The molecule has 0 aliphatic heterocycles. The monoisotopic (exact) mass is 351 g/mol. The molecule has 1 N–H and O–H groups in total. The molecule has 0 fully saturated rings. The highest BCUT2D eigenvalue weighted by molar-refractivity contribution is 5.95. The Morgan fingerprint density at radius 3 is 2.58 bits per heavy atom. The molecular weight excluding hydrogens is 325 g/mol. The van der Waals surface area contributed by atoms with E-state index in [1.54, 1.807) is 0 Å². The van der Waals surface area contributed by atoms with Gasteiger partial charge < -0.3 is 9.88 Å². The van der Waals surface area contributed by atoms with Gasteiger partial charge in [-0.25, -0.2) is 4.39 Å². The van der Waals surface area contributed by atoms with E-state index in [2.05, 4.69) is 48.6 Å². The van der Waals surface area contributed by atoms with Gasteiger partial charge in [-0.1, -0.05) is 23.8 Å². The van der Waals surface area contributed by atoms with Crippen LogP contribution in [0.15, 0.2) is 48.3 Å². The lowest BCUT2D eigenvalue weighted by atomic mass is 10.1. The summed E-state index contributed by atoms with van der Waals surface area (Å²) in [6, 6.07) is 6.69. The molecule has 0 unspecified atom stereocenters. The third-order valence-electron chi connectivity index (χ3n) is 4.86. The Hall–Kier alpha value is -2.62. The van der Waals surface area contributed by atoms with Crippen LogP contribution in [0, 0.1) is 19.7 Å². The third kappa shape index (κ3) is 3.79. The summed E-state index contributed by atoms with van der Waals surface area (Å²) in [5, 5.41) is 4.75.